The molecule has 26 heavy (non-hydrogen) atoms. The van der Waals surface area contributed by atoms with Gasteiger partial charge in [-0.1, -0.05) is 0 Å². The zero-order valence-electron chi connectivity index (χ0n) is 13.0. The zero-order valence-corrected chi connectivity index (χ0v) is 13.8. The second kappa shape index (κ2) is 6.83. The van der Waals surface area contributed by atoms with Crippen LogP contribution in [0.3, 0.4) is 0 Å². The molecule has 1 saturated heterocycles. The molecule has 0 saturated carbocycles. The summed E-state index contributed by atoms with van der Waals surface area (Å²) in [4.78, 5) is 47.1. The van der Waals surface area contributed by atoms with Gasteiger partial charge >= 0.3 is 17.6 Å². The Balaban J connectivity index is 2.70. The van der Waals surface area contributed by atoms with Gasteiger partial charge in [0.1, 0.15) is 16.6 Å². The van der Waals surface area contributed by atoms with Crippen molar-refractivity contribution in [3.05, 3.63) is 32.9 Å². The average Bonchev–Trinajstić information content (AvgIpc) is 2.70. The van der Waals surface area contributed by atoms with Crippen molar-refractivity contribution in [2.75, 3.05) is 6.61 Å². The first kappa shape index (κ1) is 20.1. The van der Waals surface area contributed by atoms with Crippen LogP contribution < -0.4 is 11.2 Å². The van der Waals surface area contributed by atoms with E-state index in [1.54, 1.807) is 4.98 Å². The Morgan fingerprint density at radius 3 is 2.23 bits per heavy atom. The molecule has 1 aliphatic heterocycles. The lowest BCUT2D eigenvalue weighted by Gasteiger charge is -2.40. The van der Waals surface area contributed by atoms with Crippen LogP contribution in [-0.4, -0.2) is 70.1 Å². The number of carboxylic acids is 2. The number of hydrogen-bond donors (Lipinski definition) is 6. The van der Waals surface area contributed by atoms with Crippen LogP contribution in [0.5, 0.6) is 0 Å². The fourth-order valence-corrected chi connectivity index (χ4v) is 4.68. The van der Waals surface area contributed by atoms with Gasteiger partial charge in [0.15, 0.2) is 0 Å². The number of rotatable bonds is 6. The van der Waals surface area contributed by atoms with Crippen LogP contribution in [0.4, 0.5) is 4.39 Å². The molecule has 1 aromatic heterocycles. The zero-order chi connectivity index (χ0) is 19.9. The highest BCUT2D eigenvalue weighted by molar-refractivity contribution is 8.00. The summed E-state index contributed by atoms with van der Waals surface area (Å²) in [6.07, 6.45) is -1.95. The van der Waals surface area contributed by atoms with E-state index in [-0.39, 0.29) is 0 Å². The molecule has 1 fully saturated rings. The summed E-state index contributed by atoms with van der Waals surface area (Å²) in [5.74, 6) is -4.66. The molecule has 2 heterocycles. The molecule has 0 bridgehead atoms. The normalized spacial score (nSPS) is 31.1. The molecule has 11 nitrogen and oxygen atoms in total. The van der Waals surface area contributed by atoms with Crippen LogP contribution in [0.1, 0.15) is 18.2 Å². The van der Waals surface area contributed by atoms with E-state index in [4.69, 9.17) is 10.2 Å². The van der Waals surface area contributed by atoms with Gasteiger partial charge in [0.25, 0.3) is 5.56 Å². The first-order valence-corrected chi connectivity index (χ1v) is 8.06. The van der Waals surface area contributed by atoms with Gasteiger partial charge in [0, 0.05) is 0 Å². The largest absolute Gasteiger partial charge is 0.481 e. The van der Waals surface area contributed by atoms with E-state index in [1.165, 1.54) is 0 Å². The van der Waals surface area contributed by atoms with Gasteiger partial charge in [-0.2, -0.15) is 4.39 Å². The second-order valence-corrected chi connectivity index (χ2v) is 7.08. The SMILES string of the molecule is O=C(O)C[C@@]1(O)[C@@H](CO)S[C@@H](n2cc(F)c(=O)[nH]c2=O)[C@@]1(O)CC(=O)O. The minimum absolute atomic E-state index is 0.409. The Kier molecular flexibility index (Phi) is 5.28. The summed E-state index contributed by atoms with van der Waals surface area (Å²) in [6.45, 7) is -0.868. The first-order chi connectivity index (χ1) is 12.0. The summed E-state index contributed by atoms with van der Waals surface area (Å²) in [6, 6.07) is 0. The number of aromatic amines is 1. The van der Waals surface area contributed by atoms with Crippen molar-refractivity contribution in [2.24, 2.45) is 0 Å². The van der Waals surface area contributed by atoms with Crippen molar-refractivity contribution < 1.29 is 39.5 Å². The fourth-order valence-electron chi connectivity index (χ4n) is 2.97. The number of nitrogens with one attached hydrogen (secondary N) is 1. The van der Waals surface area contributed by atoms with Crippen molar-refractivity contribution in [2.45, 2.75) is 34.7 Å². The lowest BCUT2D eigenvalue weighted by Crippen LogP contribution is -2.61. The summed E-state index contributed by atoms with van der Waals surface area (Å²) in [5, 5.41) is 46.2. The molecule has 144 valence electrons. The standard InChI is InChI=1S/C13H15FN2O9S/c14-5-3-16(11(23)15-9(5)22)10-13(25,2-8(20)21)12(24,1-7(18)19)6(4-17)26-10/h3,6,10,17,24-25H,1-2,4H2,(H,18,19)(H,20,21)(H,15,22,23)/t6-,10-,12-,13+/m1/s1. The molecule has 0 unspecified atom stereocenters. The lowest BCUT2D eigenvalue weighted by atomic mass is 9.75. The highest BCUT2D eigenvalue weighted by Crippen LogP contribution is 2.56. The minimum Gasteiger partial charge on any atom is -0.481 e. The van der Waals surface area contributed by atoms with Crippen LogP contribution in [0.15, 0.2) is 15.8 Å². The highest BCUT2D eigenvalue weighted by Gasteiger charge is 2.67. The van der Waals surface area contributed by atoms with E-state index < -0.39 is 70.3 Å². The maximum Gasteiger partial charge on any atom is 0.329 e. The van der Waals surface area contributed by atoms with Crippen molar-refractivity contribution in [1.82, 2.24) is 9.55 Å². The number of halogens is 1. The molecular formula is C13H15FN2O9S. The van der Waals surface area contributed by atoms with Crippen LogP contribution in [-0.2, 0) is 9.59 Å². The number of carboxylic acid groups (broad SMARTS) is 2. The third-order valence-electron chi connectivity index (χ3n) is 4.17. The van der Waals surface area contributed by atoms with E-state index in [9.17, 15) is 38.9 Å². The fraction of sp³-hybridized carbons (Fsp3) is 0.538. The summed E-state index contributed by atoms with van der Waals surface area (Å²) in [7, 11) is 0. The number of H-pyrrole nitrogens is 1. The van der Waals surface area contributed by atoms with Gasteiger partial charge in [0.2, 0.25) is 5.82 Å². The lowest BCUT2D eigenvalue weighted by molar-refractivity contribution is -0.185. The summed E-state index contributed by atoms with van der Waals surface area (Å²) >= 11 is 0.488. The maximum absolute atomic E-state index is 13.6. The molecule has 13 heteroatoms. The Morgan fingerprint density at radius 1 is 1.19 bits per heavy atom. The van der Waals surface area contributed by atoms with Gasteiger partial charge in [0.05, 0.1) is 30.9 Å². The van der Waals surface area contributed by atoms with E-state index in [2.05, 4.69) is 0 Å². The average molecular weight is 394 g/mol. The molecule has 6 N–H and O–H groups in total. The maximum atomic E-state index is 13.6. The highest BCUT2D eigenvalue weighted by atomic mass is 32.2. The molecule has 0 amide bonds. The van der Waals surface area contributed by atoms with Crippen molar-refractivity contribution in [3.8, 4) is 0 Å². The smallest absolute Gasteiger partial charge is 0.329 e. The third-order valence-corrected chi connectivity index (χ3v) is 5.91. The molecule has 4 atom stereocenters. The molecule has 2 rings (SSSR count). The molecule has 0 aliphatic carbocycles. The Bertz CT molecular complexity index is 855. The van der Waals surface area contributed by atoms with E-state index >= 15 is 0 Å². The Morgan fingerprint density at radius 2 is 1.73 bits per heavy atom. The molecule has 0 aromatic carbocycles. The molecule has 0 spiro atoms. The number of aliphatic hydroxyl groups excluding tert-OH is 1. The second-order valence-electron chi connectivity index (χ2n) is 5.79. The summed E-state index contributed by atoms with van der Waals surface area (Å²) in [5.41, 5.74) is -8.00. The van der Waals surface area contributed by atoms with Gasteiger partial charge in [-0.15, -0.1) is 11.8 Å². The Labute approximate surface area is 147 Å². The molecule has 1 aromatic rings. The van der Waals surface area contributed by atoms with Crippen molar-refractivity contribution in [1.29, 1.82) is 0 Å². The first-order valence-electron chi connectivity index (χ1n) is 7.12. The monoisotopic (exact) mass is 394 g/mol. The van der Waals surface area contributed by atoms with Crippen LogP contribution in [0.2, 0.25) is 0 Å². The number of aliphatic carboxylic acids is 2. The predicted octanol–water partition coefficient (Wildman–Crippen LogP) is -2.31. The number of nitrogens with zero attached hydrogens (tertiary/aromatic N) is 1. The van der Waals surface area contributed by atoms with Crippen LogP contribution in [0.25, 0.3) is 0 Å². The van der Waals surface area contributed by atoms with Gasteiger partial charge < -0.3 is 25.5 Å². The topological polar surface area (TPSA) is 190 Å². The van der Waals surface area contributed by atoms with Crippen molar-refractivity contribution in [3.63, 3.8) is 0 Å². The predicted molar refractivity (Wildman–Crippen MR) is 83.2 cm³/mol. The molecule has 0 radical (unpaired) electrons. The van der Waals surface area contributed by atoms with E-state index in [0.717, 1.165) is 0 Å². The van der Waals surface area contributed by atoms with E-state index in [0.29, 0.717) is 22.5 Å². The van der Waals surface area contributed by atoms with Crippen LogP contribution in [0, 0.1) is 5.82 Å². The van der Waals surface area contributed by atoms with Crippen molar-refractivity contribution >= 4 is 23.7 Å². The number of carbonyl (C=O) groups is 2. The molecule has 1 aliphatic rings. The number of aromatic nitrogens is 2. The number of hydrogen-bond acceptors (Lipinski definition) is 8. The van der Waals surface area contributed by atoms with Gasteiger partial charge in [-0.3, -0.25) is 23.9 Å². The number of thioether (sulfide) groups is 1. The number of aliphatic hydroxyl groups is 3. The van der Waals surface area contributed by atoms with Gasteiger partial charge in [-0.05, 0) is 0 Å². The minimum atomic E-state index is -2.77. The summed E-state index contributed by atoms with van der Waals surface area (Å²) < 4.78 is 14.0. The third kappa shape index (κ3) is 3.13. The molecular weight excluding hydrogens is 379 g/mol. The quantitative estimate of drug-likeness (QED) is 0.306. The Hall–Kier alpha value is -2.22. The van der Waals surface area contributed by atoms with Crippen LogP contribution >= 0.6 is 11.8 Å². The van der Waals surface area contributed by atoms with E-state index in [1.807, 2.05) is 0 Å². The van der Waals surface area contributed by atoms with Gasteiger partial charge in [-0.25, -0.2) is 4.79 Å².